The number of esters is 1. The number of epoxide rings is 1. The first-order chi connectivity index (χ1) is 24.4. The van der Waals surface area contributed by atoms with Gasteiger partial charge < -0.3 is 34.7 Å². The monoisotopic (exact) mass is 678 g/mol. The number of carbonyl (C=O) groups excluding carboxylic acids is 3. The Morgan fingerprint density at radius 3 is 2.30 bits per heavy atom. The van der Waals surface area contributed by atoms with Gasteiger partial charge in [-0.15, -0.1) is 0 Å². The molecule has 0 bridgehead atoms. The van der Waals surface area contributed by atoms with Crippen LogP contribution in [0.4, 0.5) is 0 Å². The number of hydrogen-bond donors (Lipinski definition) is 3. The summed E-state index contributed by atoms with van der Waals surface area (Å²) in [7, 11) is 0. The molecule has 2 amide bonds. The molecule has 2 saturated heterocycles. The van der Waals surface area contributed by atoms with Gasteiger partial charge >= 0.3 is 5.97 Å². The standard InChI is InChI=1S/C40H42N2O8/c43-22-21-41-36(44)19-20-42-38(45)28-24-34(48-39(46)31-14-8-7-9-27(31)17-15-26-16-18-32-33(23-26)47-32)37-35(25-28)49-40(50-37,29-10-3-1-4-11-29)30-12-5-2-6-13-30/h1-15,17,25-26,32-35,37,43H,16,18-24H2,(H,41,44)(H,42,45). The van der Waals surface area contributed by atoms with Crippen LogP contribution in [0.15, 0.2) is 103 Å². The molecular formula is C40H42N2O8. The molecule has 0 radical (unpaired) electrons. The smallest absolute Gasteiger partial charge is 0.339 e. The van der Waals surface area contributed by atoms with E-state index in [-0.39, 0.29) is 38.4 Å². The molecule has 10 nitrogen and oxygen atoms in total. The van der Waals surface area contributed by atoms with Crippen LogP contribution in [-0.4, -0.2) is 73.1 Å². The average Bonchev–Trinajstić information content (AvgIpc) is 3.82. The predicted octanol–water partition coefficient (Wildman–Crippen LogP) is 4.42. The predicted molar refractivity (Wildman–Crippen MR) is 185 cm³/mol. The van der Waals surface area contributed by atoms with Crippen molar-refractivity contribution in [2.75, 3.05) is 19.7 Å². The molecule has 260 valence electrons. The van der Waals surface area contributed by atoms with E-state index in [1.54, 1.807) is 18.2 Å². The van der Waals surface area contributed by atoms with Gasteiger partial charge in [-0.1, -0.05) is 91.0 Å². The maximum absolute atomic E-state index is 14.0. The second-order valence-electron chi connectivity index (χ2n) is 13.2. The fourth-order valence-electron chi connectivity index (χ4n) is 7.16. The molecule has 4 aliphatic rings. The van der Waals surface area contributed by atoms with Gasteiger partial charge in [0.2, 0.25) is 17.6 Å². The zero-order valence-electron chi connectivity index (χ0n) is 27.7. The highest BCUT2D eigenvalue weighted by atomic mass is 16.8. The van der Waals surface area contributed by atoms with Crippen molar-refractivity contribution in [1.29, 1.82) is 0 Å². The van der Waals surface area contributed by atoms with Gasteiger partial charge in [0.1, 0.15) is 18.3 Å². The summed E-state index contributed by atoms with van der Waals surface area (Å²) in [6.45, 7) is 0.0710. The SMILES string of the molecule is O=C(CCNC(=O)C1=CC2OC(c3ccccc3)(c3ccccc3)OC2C(OC(=O)c2ccccc2C=CC2CCC3OC3C2)C1)NCCO. The number of nitrogens with one attached hydrogen (secondary N) is 2. The van der Waals surface area contributed by atoms with Gasteiger partial charge in [0.25, 0.3) is 0 Å². The minimum atomic E-state index is -1.32. The number of fused-ring (bicyclic) bond motifs is 2. The van der Waals surface area contributed by atoms with Crippen molar-refractivity contribution in [3.63, 3.8) is 0 Å². The number of benzene rings is 3. The summed E-state index contributed by atoms with van der Waals surface area (Å²) in [6, 6.07) is 26.5. The first-order valence-corrected chi connectivity index (χ1v) is 17.4. The summed E-state index contributed by atoms with van der Waals surface area (Å²) in [6.07, 6.45) is 7.59. The van der Waals surface area contributed by atoms with Gasteiger partial charge in [-0.3, -0.25) is 9.59 Å². The number of ether oxygens (including phenoxy) is 4. The summed E-state index contributed by atoms with van der Waals surface area (Å²) in [5.74, 6) is -2.13. The third kappa shape index (κ3) is 7.44. The van der Waals surface area contributed by atoms with Crippen LogP contribution in [-0.2, 0) is 34.3 Å². The maximum atomic E-state index is 14.0. The van der Waals surface area contributed by atoms with Gasteiger partial charge in [0.15, 0.2) is 0 Å². The molecule has 6 unspecified atom stereocenters. The lowest BCUT2D eigenvalue weighted by molar-refractivity contribution is -0.157. The zero-order chi connectivity index (χ0) is 34.5. The number of allylic oxidation sites excluding steroid dienone is 1. The summed E-state index contributed by atoms with van der Waals surface area (Å²) in [5, 5.41) is 14.3. The number of amides is 2. The van der Waals surface area contributed by atoms with Crippen molar-refractivity contribution in [2.24, 2.45) is 5.92 Å². The van der Waals surface area contributed by atoms with Crippen LogP contribution in [0.5, 0.6) is 0 Å². The highest BCUT2D eigenvalue weighted by Gasteiger charge is 2.55. The first kappa shape index (κ1) is 33.9. The Bertz CT molecular complexity index is 1700. The van der Waals surface area contributed by atoms with E-state index in [0.717, 1.165) is 36.0 Å². The lowest BCUT2D eigenvalue weighted by Crippen LogP contribution is -2.44. The molecule has 2 aliphatic heterocycles. The Morgan fingerprint density at radius 1 is 0.860 bits per heavy atom. The Kier molecular flexibility index (Phi) is 10.2. The van der Waals surface area contributed by atoms with Gasteiger partial charge in [0.05, 0.1) is 24.4 Å². The van der Waals surface area contributed by atoms with Crippen LogP contribution >= 0.6 is 0 Å². The Balaban J connectivity index is 1.15. The summed E-state index contributed by atoms with van der Waals surface area (Å²) >= 11 is 0. The number of rotatable bonds is 12. The molecule has 7 rings (SSSR count). The van der Waals surface area contributed by atoms with Crippen molar-refractivity contribution in [1.82, 2.24) is 10.6 Å². The number of aliphatic hydroxyl groups is 1. The van der Waals surface area contributed by atoms with E-state index in [1.807, 2.05) is 78.9 Å². The molecule has 3 aromatic carbocycles. The molecule has 6 atom stereocenters. The van der Waals surface area contributed by atoms with Crippen LogP contribution in [0.1, 0.15) is 59.2 Å². The molecule has 2 aliphatic carbocycles. The van der Waals surface area contributed by atoms with E-state index in [2.05, 4.69) is 16.7 Å². The van der Waals surface area contributed by atoms with Crippen molar-refractivity contribution in [2.45, 2.75) is 68.4 Å². The van der Waals surface area contributed by atoms with Crippen molar-refractivity contribution in [3.8, 4) is 0 Å². The molecule has 1 saturated carbocycles. The molecule has 3 fully saturated rings. The van der Waals surface area contributed by atoms with E-state index < -0.39 is 36.0 Å². The third-order valence-corrected chi connectivity index (χ3v) is 9.78. The fourth-order valence-corrected chi connectivity index (χ4v) is 7.16. The largest absolute Gasteiger partial charge is 0.456 e. The normalized spacial score (nSPS) is 26.3. The van der Waals surface area contributed by atoms with Crippen molar-refractivity contribution in [3.05, 3.63) is 125 Å². The van der Waals surface area contributed by atoms with Gasteiger partial charge in [0, 0.05) is 42.6 Å². The second kappa shape index (κ2) is 15.1. The lowest BCUT2D eigenvalue weighted by Gasteiger charge is -2.31. The highest BCUT2D eigenvalue weighted by molar-refractivity contribution is 5.95. The summed E-state index contributed by atoms with van der Waals surface area (Å²) in [5.41, 5.74) is 3.07. The topological polar surface area (TPSA) is 136 Å². The summed E-state index contributed by atoms with van der Waals surface area (Å²) in [4.78, 5) is 39.5. The first-order valence-electron chi connectivity index (χ1n) is 17.4. The number of carbonyl (C=O) groups is 3. The molecule has 0 spiro atoms. The minimum Gasteiger partial charge on any atom is -0.456 e. The number of hydrogen-bond acceptors (Lipinski definition) is 8. The average molecular weight is 679 g/mol. The van der Waals surface area contributed by atoms with Crippen LogP contribution in [0, 0.1) is 5.92 Å². The fraction of sp³-hybridized carbons (Fsp3) is 0.375. The van der Waals surface area contributed by atoms with Crippen LogP contribution in [0.25, 0.3) is 6.08 Å². The highest BCUT2D eigenvalue weighted by Crippen LogP contribution is 2.47. The van der Waals surface area contributed by atoms with Gasteiger partial charge in [-0.2, -0.15) is 0 Å². The molecule has 3 N–H and O–H groups in total. The van der Waals surface area contributed by atoms with Gasteiger partial charge in [-0.05, 0) is 42.9 Å². The molecular weight excluding hydrogens is 636 g/mol. The quantitative estimate of drug-likeness (QED) is 0.189. The molecule has 0 aromatic heterocycles. The van der Waals surface area contributed by atoms with E-state index in [9.17, 15) is 14.4 Å². The van der Waals surface area contributed by atoms with Crippen LogP contribution < -0.4 is 10.6 Å². The minimum absolute atomic E-state index is 0.0493. The van der Waals surface area contributed by atoms with Crippen LogP contribution in [0.2, 0.25) is 0 Å². The van der Waals surface area contributed by atoms with Crippen LogP contribution in [0.3, 0.4) is 0 Å². The Morgan fingerprint density at radius 2 is 1.58 bits per heavy atom. The van der Waals surface area contributed by atoms with Gasteiger partial charge in [-0.25, -0.2) is 4.79 Å². The maximum Gasteiger partial charge on any atom is 0.339 e. The second-order valence-corrected chi connectivity index (χ2v) is 13.2. The van der Waals surface area contributed by atoms with Crippen molar-refractivity contribution < 1.29 is 38.4 Å². The lowest BCUT2D eigenvalue weighted by atomic mass is 9.88. The summed E-state index contributed by atoms with van der Waals surface area (Å²) < 4.78 is 25.6. The third-order valence-electron chi connectivity index (χ3n) is 9.78. The molecule has 50 heavy (non-hydrogen) atoms. The molecule has 2 heterocycles. The van der Waals surface area contributed by atoms with Crippen molar-refractivity contribution >= 4 is 23.9 Å². The Labute approximate surface area is 291 Å². The molecule has 10 heteroatoms. The van der Waals surface area contributed by atoms with E-state index >= 15 is 0 Å². The van der Waals surface area contributed by atoms with E-state index in [4.69, 9.17) is 24.1 Å². The number of aliphatic hydroxyl groups excluding tert-OH is 1. The van der Waals surface area contributed by atoms with E-state index in [1.165, 1.54) is 0 Å². The Hall–Kier alpha value is -4.61. The molecule has 3 aromatic rings. The van der Waals surface area contributed by atoms with E-state index in [0.29, 0.717) is 29.3 Å². The zero-order valence-corrected chi connectivity index (χ0v) is 27.7.